The number of aliphatic hydroxyl groups excluding tert-OH is 1. The minimum atomic E-state index is -2.84. The fraction of sp³-hybridized carbons (Fsp3) is 0.904. The lowest BCUT2D eigenvalue weighted by Crippen LogP contribution is -2.52. The second kappa shape index (κ2) is 29.2. The Bertz CT molecular complexity index is 1400. The van der Waals surface area contributed by atoms with Gasteiger partial charge in [0.15, 0.2) is 21.4 Å². The topological polar surface area (TPSA) is 128 Å². The number of carbonyl (C=O) groups excluding carboxylic acids is 3. The van der Waals surface area contributed by atoms with Crippen molar-refractivity contribution in [1.82, 2.24) is 19.6 Å². The molecule has 2 saturated heterocycles. The Morgan fingerprint density at radius 3 is 1.05 bits per heavy atom. The predicted octanol–water partition coefficient (Wildman–Crippen LogP) is 10.6. The fourth-order valence-electron chi connectivity index (χ4n) is 4.41. The molecule has 1 atom stereocenters. The normalized spacial score (nSPS) is 16.6. The SMILES string of the molecule is C=CC(=O)C(C)(C)C.CC(C)(C)N1CCCCC1.CC(C)(C)OC(=O)C(C)(C)C.CC(C)(C)S(C)(=O)=O.CC(O)C(=O)C(C)(C)C.CN(C)C(C)(C)C.CN1CCN(C(C)(C)C)CC1. The number of ether oxygens (including phenoxy) is 1. The molecule has 0 radical (unpaired) electrons. The molecule has 2 aliphatic rings. The molecule has 11 nitrogen and oxygen atoms in total. The van der Waals surface area contributed by atoms with E-state index in [2.05, 4.69) is 110 Å². The number of ketones is 2. The van der Waals surface area contributed by atoms with Gasteiger partial charge >= 0.3 is 5.97 Å². The number of sulfone groups is 1. The number of likely N-dealkylation sites (tertiary alicyclic amines) is 1. The molecule has 0 aromatic rings. The third-order valence-corrected chi connectivity index (χ3v) is 12.5. The molecule has 64 heavy (non-hydrogen) atoms. The number of piperazine rings is 1. The standard InChI is InChI=1S/C9H20N2.C9H19N.C9H18O2.C7H14O2.C7H12O.C6H15N.C5H12O2S/c1-9(2,3)11-7-5-10(4)6-8-11;1-9(2,3)10-7-5-4-6-8-10;1-8(2,3)7(10)11-9(4,5)6;1-5(8)6(9)7(2,3)4;1-5-6(8)7(2,3)4;1-6(2,3)7(4)5;1-5(2,3)8(4,6)7/h5-8H2,1-4H3;4-8H2,1-3H3;1-6H3;5,8H,1-4H3;5H,1H2,2-4H3;1-5H3;1-4H3. The monoisotopic (exact) mass is 935 g/mol. The molecule has 1 unspecified atom stereocenters. The van der Waals surface area contributed by atoms with Gasteiger partial charge in [0.1, 0.15) is 11.7 Å². The molecule has 2 heterocycles. The molecule has 0 spiro atoms. The highest BCUT2D eigenvalue weighted by atomic mass is 32.2. The fourth-order valence-corrected chi connectivity index (χ4v) is 4.41. The molecule has 1 N–H and O–H groups in total. The van der Waals surface area contributed by atoms with Gasteiger partial charge in [0.2, 0.25) is 0 Å². The van der Waals surface area contributed by atoms with Gasteiger partial charge in [0.05, 0.1) is 10.2 Å². The molecular formula is C52H110N4O7S. The van der Waals surface area contributed by atoms with Gasteiger partial charge in [-0.05, 0) is 185 Å². The minimum Gasteiger partial charge on any atom is -0.460 e. The van der Waals surface area contributed by atoms with E-state index < -0.39 is 31.5 Å². The van der Waals surface area contributed by atoms with E-state index >= 15 is 0 Å². The molecular weight excluding hydrogens is 825 g/mol. The van der Waals surface area contributed by atoms with Gasteiger partial charge in [-0.25, -0.2) is 8.42 Å². The Morgan fingerprint density at radius 2 is 0.922 bits per heavy atom. The molecule has 2 fully saturated rings. The van der Waals surface area contributed by atoms with Crippen molar-refractivity contribution in [3.8, 4) is 0 Å². The molecule has 2 aliphatic heterocycles. The maximum atomic E-state index is 11.3. The number of hydrogen-bond acceptors (Lipinski definition) is 11. The van der Waals surface area contributed by atoms with Crippen LogP contribution >= 0.6 is 0 Å². The first kappa shape index (κ1) is 71.3. The highest BCUT2D eigenvalue weighted by Gasteiger charge is 2.28. The van der Waals surface area contributed by atoms with E-state index in [4.69, 9.17) is 9.84 Å². The smallest absolute Gasteiger partial charge is 0.311 e. The number of carbonyl (C=O) groups is 3. The number of piperidine rings is 1. The maximum absolute atomic E-state index is 11.3. The first-order chi connectivity index (χ1) is 27.8. The molecule has 0 aromatic carbocycles. The van der Waals surface area contributed by atoms with Gasteiger partial charge in [-0.2, -0.15) is 0 Å². The van der Waals surface area contributed by atoms with Gasteiger partial charge in [0, 0.05) is 59.9 Å². The zero-order chi connectivity index (χ0) is 52.9. The summed E-state index contributed by atoms with van der Waals surface area (Å²) in [6.45, 7) is 59.9. The van der Waals surface area contributed by atoms with E-state index in [1.54, 1.807) is 41.5 Å². The number of likely N-dealkylation sites (N-methyl/N-ethyl adjacent to an activating group) is 1. The summed E-state index contributed by atoms with van der Waals surface area (Å²) in [7, 11) is 3.52. The van der Waals surface area contributed by atoms with Crippen molar-refractivity contribution in [2.24, 2.45) is 16.2 Å². The van der Waals surface area contributed by atoms with Gasteiger partial charge in [-0.1, -0.05) is 54.5 Å². The summed E-state index contributed by atoms with van der Waals surface area (Å²) in [5, 5.41) is 8.81. The number of aliphatic hydroxyl groups is 1. The Labute approximate surface area is 399 Å². The van der Waals surface area contributed by atoms with Gasteiger partial charge in [0.25, 0.3) is 0 Å². The summed E-state index contributed by atoms with van der Waals surface area (Å²) in [4.78, 5) is 42.6. The number of Topliss-reactive ketones (excluding diaryl/α,β-unsaturated/α-hetero) is 1. The summed E-state index contributed by atoms with van der Waals surface area (Å²) < 4.78 is 25.9. The van der Waals surface area contributed by atoms with E-state index in [0.717, 1.165) is 0 Å². The Balaban J connectivity index is -0.000000213. The zero-order valence-electron chi connectivity index (χ0n) is 47.8. The van der Waals surface area contributed by atoms with Crippen LogP contribution in [0.15, 0.2) is 12.7 Å². The highest BCUT2D eigenvalue weighted by molar-refractivity contribution is 7.92. The van der Waals surface area contributed by atoms with Crippen molar-refractivity contribution < 1.29 is 32.6 Å². The minimum absolute atomic E-state index is 0.0949. The van der Waals surface area contributed by atoms with Gasteiger partial charge in [-0.15, -0.1) is 0 Å². The first-order valence-electron chi connectivity index (χ1n) is 23.4. The number of nitrogens with zero attached hydrogens (tertiary/aromatic N) is 4. The molecule has 386 valence electrons. The van der Waals surface area contributed by atoms with Crippen LogP contribution in [0.2, 0.25) is 0 Å². The summed E-state index contributed by atoms with van der Waals surface area (Å²) in [6, 6.07) is 0. The lowest BCUT2D eigenvalue weighted by Gasteiger charge is -2.41. The van der Waals surface area contributed by atoms with Crippen LogP contribution in [-0.4, -0.2) is 150 Å². The Morgan fingerprint density at radius 1 is 0.609 bits per heavy atom. The molecule has 0 bridgehead atoms. The van der Waals surface area contributed by atoms with Gasteiger partial charge < -0.3 is 19.6 Å². The van der Waals surface area contributed by atoms with E-state index in [1.807, 2.05) is 62.3 Å². The maximum Gasteiger partial charge on any atom is 0.311 e. The van der Waals surface area contributed by atoms with Crippen LogP contribution in [0.4, 0.5) is 0 Å². The van der Waals surface area contributed by atoms with Crippen molar-refractivity contribution in [3.05, 3.63) is 12.7 Å². The van der Waals surface area contributed by atoms with Crippen molar-refractivity contribution >= 4 is 27.4 Å². The van der Waals surface area contributed by atoms with E-state index in [-0.39, 0.29) is 28.6 Å². The van der Waals surface area contributed by atoms with Crippen LogP contribution in [0.1, 0.15) is 192 Å². The number of hydrogen-bond donors (Lipinski definition) is 1. The van der Waals surface area contributed by atoms with E-state index in [0.29, 0.717) is 16.6 Å². The first-order valence-corrected chi connectivity index (χ1v) is 25.3. The lowest BCUT2D eigenvalue weighted by atomic mass is 9.88. The molecule has 0 saturated carbocycles. The van der Waals surface area contributed by atoms with Crippen molar-refractivity contribution in [3.63, 3.8) is 0 Å². The largest absolute Gasteiger partial charge is 0.460 e. The summed E-state index contributed by atoms with van der Waals surface area (Å²) >= 11 is 0. The van der Waals surface area contributed by atoms with E-state index in [9.17, 15) is 22.8 Å². The van der Waals surface area contributed by atoms with Crippen molar-refractivity contribution in [2.75, 3.05) is 66.7 Å². The van der Waals surface area contributed by atoms with Crippen molar-refractivity contribution in [1.29, 1.82) is 0 Å². The van der Waals surface area contributed by atoms with Crippen LogP contribution in [0, 0.1) is 16.2 Å². The van der Waals surface area contributed by atoms with Crippen LogP contribution in [0.25, 0.3) is 0 Å². The number of esters is 1. The van der Waals surface area contributed by atoms with Gasteiger partial charge in [-0.3, -0.25) is 24.2 Å². The zero-order valence-corrected chi connectivity index (χ0v) is 48.6. The second-order valence-corrected chi connectivity index (χ2v) is 28.3. The van der Waals surface area contributed by atoms with Crippen LogP contribution < -0.4 is 0 Å². The summed E-state index contributed by atoms with van der Waals surface area (Å²) in [6.07, 6.45) is 6.01. The van der Waals surface area contributed by atoms with Crippen LogP contribution in [-0.2, 0) is 29.0 Å². The Hall–Kier alpha value is -1.70. The number of rotatable bonds is 2. The third-order valence-electron chi connectivity index (χ3n) is 10.3. The summed E-state index contributed by atoms with van der Waals surface area (Å²) in [5.41, 5.74) is -0.324. The highest BCUT2D eigenvalue weighted by Crippen LogP contribution is 2.21. The van der Waals surface area contributed by atoms with Crippen LogP contribution in [0.3, 0.4) is 0 Å². The molecule has 12 heteroatoms. The number of allylic oxidation sites excluding steroid dienone is 1. The molecule has 0 amide bonds. The van der Waals surface area contributed by atoms with E-state index in [1.165, 1.54) is 77.8 Å². The Kier molecular flexibility index (Phi) is 32.6. The summed E-state index contributed by atoms with van der Waals surface area (Å²) in [5.74, 6) is -0.162. The van der Waals surface area contributed by atoms with Crippen molar-refractivity contribution in [2.45, 2.75) is 225 Å². The average molecular weight is 936 g/mol. The predicted molar refractivity (Wildman–Crippen MR) is 278 cm³/mol. The molecule has 0 aliphatic carbocycles. The molecule has 0 aromatic heterocycles. The second-order valence-electron chi connectivity index (χ2n) is 25.5. The average Bonchev–Trinajstić information content (AvgIpc) is 3.06. The van der Waals surface area contributed by atoms with Crippen LogP contribution in [0.5, 0.6) is 0 Å². The lowest BCUT2D eigenvalue weighted by molar-refractivity contribution is -0.164. The quantitative estimate of drug-likeness (QED) is 0.210. The molecule has 2 rings (SSSR count). The third kappa shape index (κ3) is 40.6.